The number of alkyl halides is 3. The average molecular weight is 407 g/mol. The minimum absolute atomic E-state index is 0.140. The first-order valence-corrected chi connectivity index (χ1v) is 8.71. The van der Waals surface area contributed by atoms with E-state index in [0.717, 1.165) is 24.3 Å². The zero-order valence-corrected chi connectivity index (χ0v) is 15.3. The number of aryl methyl sites for hydroxylation is 1. The number of carbonyl (C=O) groups excluding carboxylic acids is 1. The van der Waals surface area contributed by atoms with Crippen molar-refractivity contribution in [1.29, 1.82) is 0 Å². The van der Waals surface area contributed by atoms with E-state index in [0.29, 0.717) is 12.2 Å². The number of amides is 1. The highest BCUT2D eigenvalue weighted by Crippen LogP contribution is 2.30. The summed E-state index contributed by atoms with van der Waals surface area (Å²) in [5.74, 6) is 0.0733. The minimum atomic E-state index is -4.46. The standard InChI is InChI=1S/C18H16F3N5O3/c1-25-9-12(8-22-25)16-23-15(24-29-16)14-10-28-7-6-26(14)17(27)11-2-4-13(5-3-11)18(19,20)21/h2-5,8-9,14H,6-7,10H2,1H3/t14-/m0/s1. The summed E-state index contributed by atoms with van der Waals surface area (Å²) in [7, 11) is 1.75. The monoisotopic (exact) mass is 407 g/mol. The first kappa shape index (κ1) is 19.1. The van der Waals surface area contributed by atoms with Gasteiger partial charge in [-0.3, -0.25) is 9.48 Å². The van der Waals surface area contributed by atoms with Crippen LogP contribution in [0, 0.1) is 0 Å². The maximum Gasteiger partial charge on any atom is 0.416 e. The number of ether oxygens (including phenoxy) is 1. The van der Waals surface area contributed by atoms with Crippen molar-refractivity contribution in [3.05, 3.63) is 53.6 Å². The Morgan fingerprint density at radius 2 is 2.00 bits per heavy atom. The van der Waals surface area contributed by atoms with E-state index in [1.807, 2.05) is 0 Å². The molecule has 0 bridgehead atoms. The Morgan fingerprint density at radius 3 is 2.66 bits per heavy atom. The van der Waals surface area contributed by atoms with Crippen LogP contribution in [0.15, 0.2) is 41.2 Å². The largest absolute Gasteiger partial charge is 0.416 e. The second-order valence-corrected chi connectivity index (χ2v) is 6.52. The molecule has 1 aliphatic heterocycles. The second-order valence-electron chi connectivity index (χ2n) is 6.52. The first-order valence-electron chi connectivity index (χ1n) is 8.71. The fraction of sp³-hybridized carbons (Fsp3) is 0.333. The van der Waals surface area contributed by atoms with Crippen LogP contribution in [-0.4, -0.2) is 50.5 Å². The van der Waals surface area contributed by atoms with Gasteiger partial charge in [-0.1, -0.05) is 5.16 Å². The molecular weight excluding hydrogens is 391 g/mol. The molecule has 29 heavy (non-hydrogen) atoms. The molecule has 0 saturated carbocycles. The lowest BCUT2D eigenvalue weighted by Gasteiger charge is -2.33. The quantitative estimate of drug-likeness (QED) is 0.664. The van der Waals surface area contributed by atoms with Crippen LogP contribution in [0.25, 0.3) is 11.5 Å². The minimum Gasteiger partial charge on any atom is -0.377 e. The lowest BCUT2D eigenvalue weighted by Crippen LogP contribution is -2.43. The Kier molecular flexibility index (Phi) is 4.82. The van der Waals surface area contributed by atoms with Crippen molar-refractivity contribution >= 4 is 5.91 Å². The van der Waals surface area contributed by atoms with Gasteiger partial charge in [-0.15, -0.1) is 0 Å². The Balaban J connectivity index is 1.57. The van der Waals surface area contributed by atoms with Gasteiger partial charge in [-0.05, 0) is 24.3 Å². The Morgan fingerprint density at radius 1 is 1.24 bits per heavy atom. The normalized spacial score (nSPS) is 17.5. The van der Waals surface area contributed by atoms with E-state index in [1.54, 1.807) is 24.1 Å². The van der Waals surface area contributed by atoms with Gasteiger partial charge in [0.25, 0.3) is 11.8 Å². The summed E-state index contributed by atoms with van der Waals surface area (Å²) in [6.45, 7) is 0.704. The number of hydrogen-bond donors (Lipinski definition) is 0. The highest BCUT2D eigenvalue weighted by Gasteiger charge is 2.34. The summed E-state index contributed by atoms with van der Waals surface area (Å²) < 4.78 is 50.6. The van der Waals surface area contributed by atoms with Crippen LogP contribution in [0.5, 0.6) is 0 Å². The predicted octanol–water partition coefficient (Wildman–Crippen LogP) is 2.70. The molecular formula is C18H16F3N5O3. The van der Waals surface area contributed by atoms with E-state index < -0.39 is 23.7 Å². The van der Waals surface area contributed by atoms with E-state index in [4.69, 9.17) is 9.26 Å². The summed E-state index contributed by atoms with van der Waals surface area (Å²) in [6.07, 6.45) is -1.18. The highest BCUT2D eigenvalue weighted by molar-refractivity contribution is 5.94. The summed E-state index contributed by atoms with van der Waals surface area (Å²) in [5, 5.41) is 7.99. The van der Waals surface area contributed by atoms with Crippen molar-refractivity contribution in [2.24, 2.45) is 7.05 Å². The van der Waals surface area contributed by atoms with Crippen molar-refractivity contribution in [2.75, 3.05) is 19.8 Å². The van der Waals surface area contributed by atoms with Crippen LogP contribution < -0.4 is 0 Å². The molecule has 152 valence electrons. The van der Waals surface area contributed by atoms with E-state index in [-0.39, 0.29) is 30.4 Å². The van der Waals surface area contributed by atoms with E-state index in [2.05, 4.69) is 15.2 Å². The predicted molar refractivity (Wildman–Crippen MR) is 92.5 cm³/mol. The van der Waals surface area contributed by atoms with Gasteiger partial charge in [0.1, 0.15) is 6.04 Å². The van der Waals surface area contributed by atoms with Crippen molar-refractivity contribution in [2.45, 2.75) is 12.2 Å². The zero-order chi connectivity index (χ0) is 20.6. The van der Waals surface area contributed by atoms with Crippen molar-refractivity contribution in [1.82, 2.24) is 24.8 Å². The van der Waals surface area contributed by atoms with Crippen molar-refractivity contribution in [3.8, 4) is 11.5 Å². The van der Waals surface area contributed by atoms with E-state index in [1.165, 1.54) is 4.90 Å². The number of nitrogens with zero attached hydrogens (tertiary/aromatic N) is 5. The van der Waals surface area contributed by atoms with Crippen molar-refractivity contribution < 1.29 is 27.2 Å². The third-order valence-electron chi connectivity index (χ3n) is 4.54. The van der Waals surface area contributed by atoms with E-state index in [9.17, 15) is 18.0 Å². The second kappa shape index (κ2) is 7.32. The number of rotatable bonds is 3. The molecule has 3 aromatic rings. The van der Waals surface area contributed by atoms with Gasteiger partial charge in [-0.2, -0.15) is 23.3 Å². The lowest BCUT2D eigenvalue weighted by molar-refractivity contribution is -0.137. The number of halogens is 3. The lowest BCUT2D eigenvalue weighted by atomic mass is 10.1. The van der Waals surface area contributed by atoms with Crippen LogP contribution in [0.1, 0.15) is 27.8 Å². The average Bonchev–Trinajstić information content (AvgIpc) is 3.36. The maximum absolute atomic E-state index is 12.9. The third kappa shape index (κ3) is 3.86. The molecule has 1 fully saturated rings. The molecule has 11 heteroatoms. The topological polar surface area (TPSA) is 86.3 Å². The summed E-state index contributed by atoms with van der Waals surface area (Å²) in [6, 6.07) is 3.48. The smallest absolute Gasteiger partial charge is 0.377 e. The molecule has 3 heterocycles. The van der Waals surface area contributed by atoms with Gasteiger partial charge < -0.3 is 14.2 Å². The van der Waals surface area contributed by atoms with Crippen LogP contribution >= 0.6 is 0 Å². The van der Waals surface area contributed by atoms with Crippen LogP contribution in [0.4, 0.5) is 13.2 Å². The molecule has 0 N–H and O–H groups in total. The fourth-order valence-corrected chi connectivity index (χ4v) is 3.05. The molecule has 0 spiro atoms. The Bertz CT molecular complexity index is 1010. The Labute approximate surface area is 162 Å². The molecule has 4 rings (SSSR count). The van der Waals surface area contributed by atoms with Gasteiger partial charge in [0, 0.05) is 25.4 Å². The molecule has 1 atom stereocenters. The van der Waals surface area contributed by atoms with Gasteiger partial charge in [0.2, 0.25) is 0 Å². The van der Waals surface area contributed by atoms with Gasteiger partial charge >= 0.3 is 6.18 Å². The third-order valence-corrected chi connectivity index (χ3v) is 4.54. The summed E-state index contributed by atoms with van der Waals surface area (Å²) in [4.78, 5) is 18.7. The van der Waals surface area contributed by atoms with Crippen LogP contribution in [-0.2, 0) is 18.0 Å². The maximum atomic E-state index is 12.9. The molecule has 0 unspecified atom stereocenters. The van der Waals surface area contributed by atoms with Gasteiger partial charge in [0.15, 0.2) is 5.82 Å². The molecule has 1 aliphatic rings. The Hall–Kier alpha value is -3.21. The number of aromatic nitrogens is 4. The molecule has 8 nitrogen and oxygen atoms in total. The molecule has 1 amide bonds. The van der Waals surface area contributed by atoms with E-state index >= 15 is 0 Å². The molecule has 0 radical (unpaired) electrons. The number of carbonyl (C=O) groups is 1. The molecule has 1 saturated heterocycles. The number of morpholine rings is 1. The summed E-state index contributed by atoms with van der Waals surface area (Å²) in [5.41, 5.74) is -0.0451. The molecule has 1 aromatic carbocycles. The number of hydrogen-bond acceptors (Lipinski definition) is 6. The highest BCUT2D eigenvalue weighted by atomic mass is 19.4. The van der Waals surface area contributed by atoms with Crippen LogP contribution in [0.2, 0.25) is 0 Å². The van der Waals surface area contributed by atoms with Gasteiger partial charge in [-0.25, -0.2) is 0 Å². The molecule has 0 aliphatic carbocycles. The fourth-order valence-electron chi connectivity index (χ4n) is 3.05. The SMILES string of the molecule is Cn1cc(-c2nc([C@@H]3COCCN3C(=O)c3ccc(C(F)(F)F)cc3)no2)cn1. The first-order chi connectivity index (χ1) is 13.8. The van der Waals surface area contributed by atoms with Gasteiger partial charge in [0.05, 0.1) is 30.5 Å². The summed E-state index contributed by atoms with van der Waals surface area (Å²) >= 11 is 0. The van der Waals surface area contributed by atoms with Crippen molar-refractivity contribution in [3.63, 3.8) is 0 Å². The zero-order valence-electron chi connectivity index (χ0n) is 15.3. The molecule has 2 aromatic heterocycles. The van der Waals surface area contributed by atoms with Crippen LogP contribution in [0.3, 0.4) is 0 Å². The number of benzene rings is 1.